The predicted octanol–water partition coefficient (Wildman–Crippen LogP) is 1.29. The molecule has 19 heavy (non-hydrogen) atoms. The molecular formula is C14H23N3O2. The zero-order valence-electron chi connectivity index (χ0n) is 12.0. The van der Waals surface area contributed by atoms with Gasteiger partial charge in [0.1, 0.15) is 5.75 Å². The van der Waals surface area contributed by atoms with Crippen LogP contribution >= 0.6 is 0 Å². The second kappa shape index (κ2) is 6.43. The Morgan fingerprint density at radius 1 is 1.42 bits per heavy atom. The summed E-state index contributed by atoms with van der Waals surface area (Å²) in [5, 5.41) is 12.5. The van der Waals surface area contributed by atoms with Crippen molar-refractivity contribution in [2.45, 2.75) is 19.9 Å². The Bertz CT molecular complexity index is 444. The van der Waals surface area contributed by atoms with Gasteiger partial charge in [0, 0.05) is 18.2 Å². The second-order valence-corrected chi connectivity index (χ2v) is 5.36. The maximum atomic E-state index is 12.1. The van der Waals surface area contributed by atoms with Crippen molar-refractivity contribution in [3.8, 4) is 5.75 Å². The highest BCUT2D eigenvalue weighted by Crippen LogP contribution is 2.20. The van der Waals surface area contributed by atoms with Crippen molar-refractivity contribution in [3.63, 3.8) is 0 Å². The average molecular weight is 265 g/mol. The van der Waals surface area contributed by atoms with E-state index in [9.17, 15) is 9.90 Å². The maximum Gasteiger partial charge on any atom is 0.251 e. The van der Waals surface area contributed by atoms with E-state index in [0.29, 0.717) is 11.5 Å². The third-order valence-corrected chi connectivity index (χ3v) is 2.98. The lowest BCUT2D eigenvalue weighted by Crippen LogP contribution is -2.45. The lowest BCUT2D eigenvalue weighted by Gasteiger charge is -2.25. The maximum absolute atomic E-state index is 12.1. The van der Waals surface area contributed by atoms with Gasteiger partial charge >= 0.3 is 0 Å². The van der Waals surface area contributed by atoms with Gasteiger partial charge in [-0.3, -0.25) is 4.79 Å². The van der Waals surface area contributed by atoms with Gasteiger partial charge in [-0.15, -0.1) is 0 Å². The number of carbonyl (C=O) groups is 1. The molecule has 1 unspecified atom stereocenters. The van der Waals surface area contributed by atoms with Crippen molar-refractivity contribution in [1.82, 2.24) is 10.2 Å². The minimum Gasteiger partial charge on any atom is -0.506 e. The number of amides is 1. The third kappa shape index (κ3) is 4.44. The summed E-state index contributed by atoms with van der Waals surface area (Å²) >= 11 is 0. The Balaban J connectivity index is 2.78. The van der Waals surface area contributed by atoms with Crippen LogP contribution in [-0.2, 0) is 0 Å². The van der Waals surface area contributed by atoms with Crippen molar-refractivity contribution in [3.05, 3.63) is 23.8 Å². The van der Waals surface area contributed by atoms with Crippen LogP contribution in [0.2, 0.25) is 0 Å². The summed E-state index contributed by atoms with van der Waals surface area (Å²) in [7, 11) is 3.94. The van der Waals surface area contributed by atoms with Gasteiger partial charge in [0.05, 0.1) is 5.69 Å². The number of hydrogen-bond acceptors (Lipinski definition) is 4. The predicted molar refractivity (Wildman–Crippen MR) is 77.2 cm³/mol. The molecule has 0 fully saturated rings. The number of benzene rings is 1. The Hall–Kier alpha value is -1.75. The Labute approximate surface area is 114 Å². The summed E-state index contributed by atoms with van der Waals surface area (Å²) in [6.45, 7) is 4.90. The first-order valence-electron chi connectivity index (χ1n) is 6.35. The summed E-state index contributed by atoms with van der Waals surface area (Å²) in [5.74, 6) is 0.0611. The van der Waals surface area contributed by atoms with Gasteiger partial charge in [0.25, 0.3) is 5.91 Å². The van der Waals surface area contributed by atoms with E-state index in [1.54, 1.807) is 6.07 Å². The van der Waals surface area contributed by atoms with Crippen LogP contribution in [0.1, 0.15) is 24.2 Å². The summed E-state index contributed by atoms with van der Waals surface area (Å²) in [4.78, 5) is 14.2. The highest BCUT2D eigenvalue weighted by molar-refractivity contribution is 5.95. The SMILES string of the molecule is CC(C)C(CN(C)C)NC(=O)c1ccc(N)c(O)c1. The molecule has 1 aromatic carbocycles. The van der Waals surface area contributed by atoms with Gasteiger partial charge in [-0.1, -0.05) is 13.8 Å². The molecule has 0 aliphatic heterocycles. The van der Waals surface area contributed by atoms with E-state index in [1.165, 1.54) is 12.1 Å². The molecule has 1 atom stereocenters. The number of nitrogen functional groups attached to an aromatic ring is 1. The Kier molecular flexibility index (Phi) is 5.18. The fourth-order valence-electron chi connectivity index (χ4n) is 1.75. The fraction of sp³-hybridized carbons (Fsp3) is 0.500. The number of nitrogens with zero attached hydrogens (tertiary/aromatic N) is 1. The molecule has 0 spiro atoms. The molecule has 0 bridgehead atoms. The molecule has 1 aromatic rings. The number of aromatic hydroxyl groups is 1. The molecule has 0 aliphatic rings. The van der Waals surface area contributed by atoms with E-state index in [-0.39, 0.29) is 23.4 Å². The number of phenolic OH excluding ortho intramolecular Hbond substituents is 1. The van der Waals surface area contributed by atoms with Crippen molar-refractivity contribution < 1.29 is 9.90 Å². The summed E-state index contributed by atoms with van der Waals surface area (Å²) in [5.41, 5.74) is 6.20. The van der Waals surface area contributed by atoms with Crippen molar-refractivity contribution in [2.24, 2.45) is 5.92 Å². The molecule has 0 saturated carbocycles. The minimum atomic E-state index is -0.198. The van der Waals surface area contributed by atoms with Crippen LogP contribution in [0.5, 0.6) is 5.75 Å². The van der Waals surface area contributed by atoms with E-state index >= 15 is 0 Å². The molecule has 0 aromatic heterocycles. The summed E-state index contributed by atoms with van der Waals surface area (Å²) in [6.07, 6.45) is 0. The zero-order valence-corrected chi connectivity index (χ0v) is 12.0. The van der Waals surface area contributed by atoms with E-state index in [0.717, 1.165) is 6.54 Å². The first-order valence-corrected chi connectivity index (χ1v) is 6.35. The molecule has 0 aliphatic carbocycles. The molecular weight excluding hydrogens is 242 g/mol. The molecule has 4 N–H and O–H groups in total. The molecule has 5 nitrogen and oxygen atoms in total. The van der Waals surface area contributed by atoms with Crippen molar-refractivity contribution in [1.29, 1.82) is 0 Å². The topological polar surface area (TPSA) is 78.6 Å². The largest absolute Gasteiger partial charge is 0.506 e. The number of carbonyl (C=O) groups excluding carboxylic acids is 1. The van der Waals surface area contributed by atoms with Crippen molar-refractivity contribution >= 4 is 11.6 Å². The van der Waals surface area contributed by atoms with Gasteiger partial charge in [-0.25, -0.2) is 0 Å². The first-order chi connectivity index (χ1) is 8.81. The molecule has 0 radical (unpaired) electrons. The van der Waals surface area contributed by atoms with Gasteiger partial charge in [-0.2, -0.15) is 0 Å². The average Bonchev–Trinajstić information content (AvgIpc) is 2.31. The van der Waals surface area contributed by atoms with Crippen LogP contribution in [0, 0.1) is 5.92 Å². The van der Waals surface area contributed by atoms with E-state index in [2.05, 4.69) is 19.2 Å². The first kappa shape index (κ1) is 15.3. The molecule has 5 heteroatoms. The van der Waals surface area contributed by atoms with Gasteiger partial charge in [0.2, 0.25) is 0 Å². The zero-order chi connectivity index (χ0) is 14.6. The van der Waals surface area contributed by atoms with Crippen LogP contribution in [0.3, 0.4) is 0 Å². The second-order valence-electron chi connectivity index (χ2n) is 5.36. The third-order valence-electron chi connectivity index (χ3n) is 2.98. The highest BCUT2D eigenvalue weighted by Gasteiger charge is 2.18. The van der Waals surface area contributed by atoms with Crippen LogP contribution in [0.25, 0.3) is 0 Å². The highest BCUT2D eigenvalue weighted by atomic mass is 16.3. The lowest BCUT2D eigenvalue weighted by molar-refractivity contribution is 0.0916. The number of likely N-dealkylation sites (N-methyl/N-ethyl adjacent to an activating group) is 1. The Morgan fingerprint density at radius 2 is 2.05 bits per heavy atom. The summed E-state index contributed by atoms with van der Waals surface area (Å²) in [6, 6.07) is 4.58. The van der Waals surface area contributed by atoms with Crippen LogP contribution in [-0.4, -0.2) is 42.6 Å². The van der Waals surface area contributed by atoms with Crippen LogP contribution in [0.15, 0.2) is 18.2 Å². The molecule has 106 valence electrons. The number of rotatable bonds is 5. The molecule has 1 rings (SSSR count). The van der Waals surface area contributed by atoms with Gasteiger partial charge < -0.3 is 21.1 Å². The van der Waals surface area contributed by atoms with Crippen LogP contribution < -0.4 is 11.1 Å². The molecule has 1 amide bonds. The Morgan fingerprint density at radius 3 is 2.53 bits per heavy atom. The summed E-state index contributed by atoms with van der Waals surface area (Å²) < 4.78 is 0. The molecule has 0 heterocycles. The van der Waals surface area contributed by atoms with Crippen molar-refractivity contribution in [2.75, 3.05) is 26.4 Å². The fourth-order valence-corrected chi connectivity index (χ4v) is 1.75. The van der Waals surface area contributed by atoms with Gasteiger partial charge in [-0.05, 0) is 38.2 Å². The minimum absolute atomic E-state index is 0.0576. The number of phenols is 1. The number of nitrogens with two attached hydrogens (primary N) is 1. The van der Waals surface area contributed by atoms with Crippen LogP contribution in [0.4, 0.5) is 5.69 Å². The van der Waals surface area contributed by atoms with E-state index < -0.39 is 0 Å². The monoisotopic (exact) mass is 265 g/mol. The quantitative estimate of drug-likeness (QED) is 0.554. The van der Waals surface area contributed by atoms with Gasteiger partial charge in [0.15, 0.2) is 0 Å². The number of anilines is 1. The normalized spacial score (nSPS) is 12.7. The van der Waals surface area contributed by atoms with E-state index in [1.807, 2.05) is 19.0 Å². The molecule has 0 saturated heterocycles. The number of nitrogens with one attached hydrogen (secondary N) is 1. The number of hydrogen-bond donors (Lipinski definition) is 3. The lowest BCUT2D eigenvalue weighted by atomic mass is 10.0. The smallest absolute Gasteiger partial charge is 0.251 e. The standard InChI is InChI=1S/C14H23N3O2/c1-9(2)12(8-17(3)4)16-14(19)10-5-6-11(15)13(18)7-10/h5-7,9,12,18H,8,15H2,1-4H3,(H,16,19). The van der Waals surface area contributed by atoms with E-state index in [4.69, 9.17) is 5.73 Å².